The molecule has 0 aromatic rings. The van der Waals surface area contributed by atoms with E-state index in [1.807, 2.05) is 13.8 Å². The lowest BCUT2D eigenvalue weighted by Gasteiger charge is -2.37. The van der Waals surface area contributed by atoms with Gasteiger partial charge in [0, 0.05) is 25.0 Å². The van der Waals surface area contributed by atoms with Gasteiger partial charge in [-0.1, -0.05) is 33.1 Å². The Morgan fingerprint density at radius 2 is 2.09 bits per heavy atom. The Balaban J connectivity index is 0.000000847. The molecular formula is C19H29NO2. The van der Waals surface area contributed by atoms with Crippen LogP contribution in [0.2, 0.25) is 0 Å². The normalized spacial score (nSPS) is 30.4. The van der Waals surface area contributed by atoms with Gasteiger partial charge >= 0.3 is 5.97 Å². The van der Waals surface area contributed by atoms with Crippen molar-refractivity contribution in [1.82, 2.24) is 4.90 Å². The average molecular weight is 303 g/mol. The van der Waals surface area contributed by atoms with Gasteiger partial charge in [0.05, 0.1) is 6.04 Å². The van der Waals surface area contributed by atoms with Crippen LogP contribution in [0.1, 0.15) is 59.3 Å². The van der Waals surface area contributed by atoms with Crippen molar-refractivity contribution in [2.45, 2.75) is 71.4 Å². The molecule has 3 aliphatic heterocycles. The third kappa shape index (κ3) is 3.73. The van der Waals surface area contributed by atoms with Gasteiger partial charge in [-0.25, -0.2) is 4.79 Å². The first-order valence-electron chi connectivity index (χ1n) is 8.94. The highest BCUT2D eigenvalue weighted by Gasteiger charge is 2.42. The summed E-state index contributed by atoms with van der Waals surface area (Å²) in [4.78, 5) is 14.2. The predicted molar refractivity (Wildman–Crippen MR) is 89.3 cm³/mol. The van der Waals surface area contributed by atoms with E-state index in [0.29, 0.717) is 6.04 Å². The second-order valence-electron chi connectivity index (χ2n) is 6.01. The number of fused-ring (bicyclic) bond motifs is 3. The van der Waals surface area contributed by atoms with Gasteiger partial charge in [0.2, 0.25) is 0 Å². The summed E-state index contributed by atoms with van der Waals surface area (Å²) in [5.74, 6) is 6.70. The summed E-state index contributed by atoms with van der Waals surface area (Å²) in [5.41, 5.74) is 1.15. The minimum Gasteiger partial charge on any atom is -0.453 e. The number of unbranched alkanes of at least 4 members (excludes halogenated alkanes) is 1. The van der Waals surface area contributed by atoms with E-state index in [-0.39, 0.29) is 18.0 Å². The van der Waals surface area contributed by atoms with Crippen LogP contribution in [0.4, 0.5) is 0 Å². The van der Waals surface area contributed by atoms with Gasteiger partial charge in [0.25, 0.3) is 0 Å². The lowest BCUT2D eigenvalue weighted by molar-refractivity contribution is -0.141. The maximum Gasteiger partial charge on any atom is 0.331 e. The zero-order chi connectivity index (χ0) is 15.9. The van der Waals surface area contributed by atoms with Crippen molar-refractivity contribution in [2.24, 2.45) is 5.92 Å². The number of carbonyl (C=O) groups is 1. The summed E-state index contributed by atoms with van der Waals surface area (Å²) >= 11 is 0. The second kappa shape index (κ2) is 8.39. The third-order valence-electron chi connectivity index (χ3n) is 4.63. The minimum atomic E-state index is -0.167. The van der Waals surface area contributed by atoms with E-state index in [2.05, 4.69) is 23.7 Å². The van der Waals surface area contributed by atoms with Crippen LogP contribution in [0.5, 0.6) is 0 Å². The Labute approximate surface area is 135 Å². The number of piperidine rings is 1. The molecule has 3 rings (SSSR count). The van der Waals surface area contributed by atoms with Gasteiger partial charge in [-0.15, -0.1) is 5.92 Å². The molecule has 0 spiro atoms. The number of carbonyl (C=O) groups excluding carboxylic acids is 1. The fourth-order valence-electron chi connectivity index (χ4n) is 3.62. The third-order valence-corrected chi connectivity index (χ3v) is 4.63. The van der Waals surface area contributed by atoms with Crippen molar-refractivity contribution in [1.29, 1.82) is 0 Å². The molecule has 0 aromatic heterocycles. The summed E-state index contributed by atoms with van der Waals surface area (Å²) in [6.07, 6.45) is 8.40. The van der Waals surface area contributed by atoms with Gasteiger partial charge < -0.3 is 4.74 Å². The van der Waals surface area contributed by atoms with E-state index in [1.54, 1.807) is 6.08 Å². The van der Waals surface area contributed by atoms with Crippen molar-refractivity contribution >= 4 is 5.97 Å². The minimum absolute atomic E-state index is 0.0359. The van der Waals surface area contributed by atoms with E-state index < -0.39 is 0 Å². The molecule has 3 nitrogen and oxygen atoms in total. The molecule has 0 radical (unpaired) electrons. The van der Waals surface area contributed by atoms with Crippen LogP contribution in [0.15, 0.2) is 11.6 Å². The van der Waals surface area contributed by atoms with Crippen molar-refractivity contribution < 1.29 is 9.53 Å². The van der Waals surface area contributed by atoms with Crippen molar-refractivity contribution in [3.05, 3.63) is 11.6 Å². The highest BCUT2D eigenvalue weighted by Crippen LogP contribution is 2.36. The number of rotatable bonds is 1. The molecule has 3 atom stereocenters. The molecular weight excluding hydrogens is 274 g/mol. The molecule has 3 unspecified atom stereocenters. The quantitative estimate of drug-likeness (QED) is 0.548. The topological polar surface area (TPSA) is 29.5 Å². The fraction of sp³-hybridized carbons (Fsp3) is 0.737. The lowest BCUT2D eigenvalue weighted by atomic mass is 9.89. The van der Waals surface area contributed by atoms with E-state index in [9.17, 15) is 4.79 Å². The Hall–Kier alpha value is -1.27. The summed E-state index contributed by atoms with van der Waals surface area (Å²) in [7, 11) is 0. The average Bonchev–Trinajstić information content (AvgIpc) is 2.88. The molecule has 3 heteroatoms. The molecule has 3 aliphatic rings. The molecule has 0 bridgehead atoms. The smallest absolute Gasteiger partial charge is 0.331 e. The SMILES string of the molecule is CC.CCCC#CC1CCN2CCCCC2C2OC(=O)C=C12. The molecule has 122 valence electrons. The van der Waals surface area contributed by atoms with E-state index in [0.717, 1.165) is 44.3 Å². The van der Waals surface area contributed by atoms with Gasteiger partial charge in [-0.2, -0.15) is 0 Å². The number of hydrogen-bond donors (Lipinski definition) is 0. The Kier molecular flexibility index (Phi) is 6.51. The molecule has 0 aliphatic carbocycles. The molecule has 0 N–H and O–H groups in total. The van der Waals surface area contributed by atoms with Crippen molar-refractivity contribution in [3.8, 4) is 11.8 Å². The Bertz CT molecular complexity index is 472. The highest BCUT2D eigenvalue weighted by molar-refractivity contribution is 5.86. The number of esters is 1. The van der Waals surface area contributed by atoms with Crippen LogP contribution in [0.25, 0.3) is 0 Å². The van der Waals surface area contributed by atoms with Crippen molar-refractivity contribution in [3.63, 3.8) is 0 Å². The second-order valence-corrected chi connectivity index (χ2v) is 6.01. The van der Waals surface area contributed by atoms with E-state index in [1.165, 1.54) is 12.8 Å². The summed E-state index contributed by atoms with van der Waals surface area (Å²) in [6.45, 7) is 8.37. The van der Waals surface area contributed by atoms with Crippen LogP contribution in [0, 0.1) is 17.8 Å². The largest absolute Gasteiger partial charge is 0.453 e. The Morgan fingerprint density at radius 3 is 2.86 bits per heavy atom. The number of hydrogen-bond acceptors (Lipinski definition) is 3. The zero-order valence-corrected chi connectivity index (χ0v) is 14.2. The van der Waals surface area contributed by atoms with Crippen LogP contribution in [0.3, 0.4) is 0 Å². The standard InChI is InChI=1S/C17H23NO2.C2H6/c1-2-3-4-7-13-9-11-18-10-6-5-8-15(18)17-14(13)12-16(19)20-17;1-2/h12-13,15,17H,2-3,5-6,8-11H2,1H3;1-2H3. The molecule has 0 aromatic carbocycles. The summed E-state index contributed by atoms with van der Waals surface area (Å²) in [6, 6.07) is 0.388. The van der Waals surface area contributed by atoms with Gasteiger partial charge in [0.1, 0.15) is 6.10 Å². The first-order chi connectivity index (χ1) is 10.8. The maximum absolute atomic E-state index is 11.7. The first kappa shape index (κ1) is 17.1. The molecule has 2 saturated heterocycles. The predicted octanol–water partition coefficient (Wildman–Crippen LogP) is 3.54. The number of nitrogens with zero attached hydrogens (tertiary/aromatic N) is 1. The van der Waals surface area contributed by atoms with Gasteiger partial charge in [0.15, 0.2) is 0 Å². The van der Waals surface area contributed by atoms with Crippen molar-refractivity contribution in [2.75, 3.05) is 13.1 Å². The van der Waals surface area contributed by atoms with Gasteiger partial charge in [-0.3, -0.25) is 4.90 Å². The molecule has 22 heavy (non-hydrogen) atoms. The molecule has 3 heterocycles. The van der Waals surface area contributed by atoms with Crippen LogP contribution in [-0.4, -0.2) is 36.1 Å². The fourth-order valence-corrected chi connectivity index (χ4v) is 3.62. The molecule has 0 saturated carbocycles. The zero-order valence-electron chi connectivity index (χ0n) is 14.2. The summed E-state index contributed by atoms with van der Waals surface area (Å²) in [5, 5.41) is 0. The number of ether oxygens (including phenoxy) is 1. The van der Waals surface area contributed by atoms with Crippen LogP contribution in [-0.2, 0) is 9.53 Å². The van der Waals surface area contributed by atoms with Crippen LogP contribution >= 0.6 is 0 Å². The molecule has 2 fully saturated rings. The first-order valence-corrected chi connectivity index (χ1v) is 8.94. The van der Waals surface area contributed by atoms with E-state index >= 15 is 0 Å². The van der Waals surface area contributed by atoms with Gasteiger partial charge in [-0.05, 0) is 37.8 Å². The lowest BCUT2D eigenvalue weighted by Crippen LogP contribution is -2.46. The monoisotopic (exact) mass is 303 g/mol. The molecule has 0 amide bonds. The van der Waals surface area contributed by atoms with Crippen LogP contribution < -0.4 is 0 Å². The summed E-state index contributed by atoms with van der Waals surface area (Å²) < 4.78 is 5.61. The van der Waals surface area contributed by atoms with E-state index in [4.69, 9.17) is 4.74 Å². The maximum atomic E-state index is 11.7. The highest BCUT2D eigenvalue weighted by atomic mass is 16.5. The Morgan fingerprint density at radius 1 is 1.27 bits per heavy atom.